The summed E-state index contributed by atoms with van der Waals surface area (Å²) >= 11 is 3.12. The Morgan fingerprint density at radius 2 is 2.22 bits per heavy atom. The SMILES string of the molecule is CCC1CCN(S(=O)(=O)c2ccc(F)cc2Br)C1. The Morgan fingerprint density at radius 3 is 2.78 bits per heavy atom. The first-order chi connectivity index (χ1) is 8.45. The quantitative estimate of drug-likeness (QED) is 0.851. The fourth-order valence-corrected chi connectivity index (χ4v) is 4.71. The van der Waals surface area contributed by atoms with Gasteiger partial charge < -0.3 is 0 Å². The second kappa shape index (κ2) is 5.27. The number of halogens is 2. The van der Waals surface area contributed by atoms with Crippen molar-refractivity contribution < 1.29 is 12.8 Å². The van der Waals surface area contributed by atoms with E-state index in [-0.39, 0.29) is 9.37 Å². The highest BCUT2D eigenvalue weighted by Gasteiger charge is 2.32. The molecule has 1 saturated heterocycles. The van der Waals surface area contributed by atoms with E-state index in [1.165, 1.54) is 22.5 Å². The van der Waals surface area contributed by atoms with Crippen LogP contribution in [0.1, 0.15) is 19.8 Å². The summed E-state index contributed by atoms with van der Waals surface area (Å²) in [6, 6.07) is 3.67. The zero-order valence-electron chi connectivity index (χ0n) is 10.1. The smallest absolute Gasteiger partial charge is 0.207 e. The molecule has 0 amide bonds. The van der Waals surface area contributed by atoms with Crippen molar-refractivity contribution in [3.8, 4) is 0 Å². The first kappa shape index (κ1) is 14.0. The first-order valence-electron chi connectivity index (χ1n) is 5.90. The fourth-order valence-electron chi connectivity index (χ4n) is 2.17. The highest BCUT2D eigenvalue weighted by Crippen LogP contribution is 2.30. The van der Waals surface area contributed by atoms with E-state index in [0.717, 1.165) is 12.8 Å². The van der Waals surface area contributed by atoms with E-state index in [1.807, 2.05) is 0 Å². The van der Waals surface area contributed by atoms with Gasteiger partial charge in [-0.3, -0.25) is 0 Å². The van der Waals surface area contributed by atoms with Crippen LogP contribution >= 0.6 is 15.9 Å². The summed E-state index contributed by atoms with van der Waals surface area (Å²) < 4.78 is 39.6. The van der Waals surface area contributed by atoms with E-state index in [9.17, 15) is 12.8 Å². The Labute approximate surface area is 115 Å². The normalized spacial score (nSPS) is 21.4. The predicted octanol–water partition coefficient (Wildman–Crippen LogP) is 3.01. The molecule has 6 heteroatoms. The lowest BCUT2D eigenvalue weighted by Gasteiger charge is -2.17. The van der Waals surface area contributed by atoms with Crippen LogP contribution in [0.5, 0.6) is 0 Å². The minimum absolute atomic E-state index is 0.139. The summed E-state index contributed by atoms with van der Waals surface area (Å²) in [7, 11) is -3.51. The molecule has 0 N–H and O–H groups in total. The van der Waals surface area contributed by atoms with Gasteiger partial charge in [0.2, 0.25) is 10.0 Å². The minimum atomic E-state index is -3.51. The molecular weight excluding hydrogens is 321 g/mol. The van der Waals surface area contributed by atoms with Crippen molar-refractivity contribution in [3.63, 3.8) is 0 Å². The standard InChI is InChI=1S/C12H15BrFNO2S/c1-2-9-5-6-15(8-9)18(16,17)12-4-3-10(14)7-11(12)13/h3-4,7,9H,2,5-6,8H2,1H3. The molecular formula is C12H15BrFNO2S. The van der Waals surface area contributed by atoms with Gasteiger partial charge in [0.1, 0.15) is 5.82 Å². The van der Waals surface area contributed by atoms with Crippen LogP contribution in [0.3, 0.4) is 0 Å². The van der Waals surface area contributed by atoms with E-state index < -0.39 is 15.8 Å². The minimum Gasteiger partial charge on any atom is -0.207 e. The molecule has 0 spiro atoms. The van der Waals surface area contributed by atoms with E-state index in [1.54, 1.807) is 0 Å². The molecule has 1 heterocycles. The van der Waals surface area contributed by atoms with Crippen LogP contribution in [0, 0.1) is 11.7 Å². The molecule has 1 unspecified atom stereocenters. The van der Waals surface area contributed by atoms with Gasteiger partial charge in [-0.25, -0.2) is 12.8 Å². The van der Waals surface area contributed by atoms with Crippen LogP contribution in [0.2, 0.25) is 0 Å². The van der Waals surface area contributed by atoms with Gasteiger partial charge in [-0.05, 0) is 46.5 Å². The molecule has 1 aromatic carbocycles. The summed E-state index contributed by atoms with van der Waals surface area (Å²) in [5.74, 6) is -0.0207. The third-order valence-electron chi connectivity index (χ3n) is 3.34. The summed E-state index contributed by atoms with van der Waals surface area (Å²) in [6.07, 6.45) is 1.88. The summed E-state index contributed by atoms with van der Waals surface area (Å²) in [5, 5.41) is 0. The highest BCUT2D eigenvalue weighted by atomic mass is 79.9. The molecule has 18 heavy (non-hydrogen) atoms. The zero-order valence-corrected chi connectivity index (χ0v) is 12.5. The Kier molecular flexibility index (Phi) is 4.08. The summed E-state index contributed by atoms with van der Waals surface area (Å²) in [6.45, 7) is 3.17. The van der Waals surface area contributed by atoms with Crippen LogP contribution in [-0.2, 0) is 10.0 Å². The summed E-state index contributed by atoms with van der Waals surface area (Å²) in [4.78, 5) is 0.139. The van der Waals surface area contributed by atoms with E-state index in [4.69, 9.17) is 0 Å². The third kappa shape index (κ3) is 2.60. The van der Waals surface area contributed by atoms with Crippen LogP contribution in [0.25, 0.3) is 0 Å². The second-order valence-electron chi connectivity index (χ2n) is 4.50. The van der Waals surface area contributed by atoms with Gasteiger partial charge in [0, 0.05) is 17.6 Å². The van der Waals surface area contributed by atoms with Crippen molar-refractivity contribution in [3.05, 3.63) is 28.5 Å². The lowest BCUT2D eigenvalue weighted by molar-refractivity contribution is 0.452. The first-order valence-corrected chi connectivity index (χ1v) is 8.13. The van der Waals surface area contributed by atoms with Crippen molar-refractivity contribution in [2.24, 2.45) is 5.92 Å². The van der Waals surface area contributed by atoms with Crippen molar-refractivity contribution in [2.75, 3.05) is 13.1 Å². The number of sulfonamides is 1. The molecule has 1 aromatic rings. The van der Waals surface area contributed by atoms with Crippen LogP contribution in [-0.4, -0.2) is 25.8 Å². The fraction of sp³-hybridized carbons (Fsp3) is 0.500. The van der Waals surface area contributed by atoms with Crippen LogP contribution in [0.15, 0.2) is 27.6 Å². The molecule has 0 bridgehead atoms. The van der Waals surface area contributed by atoms with Gasteiger partial charge in [0.15, 0.2) is 0 Å². The van der Waals surface area contributed by atoms with Gasteiger partial charge in [0.05, 0.1) is 4.90 Å². The number of hydrogen-bond donors (Lipinski definition) is 0. The average molecular weight is 336 g/mol. The molecule has 1 atom stereocenters. The molecule has 0 radical (unpaired) electrons. The molecule has 100 valence electrons. The highest BCUT2D eigenvalue weighted by molar-refractivity contribution is 9.10. The zero-order chi connectivity index (χ0) is 13.3. The maximum absolute atomic E-state index is 13.0. The maximum atomic E-state index is 13.0. The van der Waals surface area contributed by atoms with Crippen LogP contribution < -0.4 is 0 Å². The molecule has 0 aromatic heterocycles. The topological polar surface area (TPSA) is 37.4 Å². The van der Waals surface area contributed by atoms with Crippen LogP contribution in [0.4, 0.5) is 4.39 Å². The maximum Gasteiger partial charge on any atom is 0.244 e. The Hall–Kier alpha value is -0.460. The van der Waals surface area contributed by atoms with Gasteiger partial charge >= 0.3 is 0 Å². The number of rotatable bonds is 3. The molecule has 0 aliphatic carbocycles. The third-order valence-corrected chi connectivity index (χ3v) is 6.18. The number of hydrogen-bond acceptors (Lipinski definition) is 2. The molecule has 1 fully saturated rings. The molecule has 3 nitrogen and oxygen atoms in total. The van der Waals surface area contributed by atoms with Crippen molar-refractivity contribution in [2.45, 2.75) is 24.7 Å². The van der Waals surface area contributed by atoms with Crippen molar-refractivity contribution >= 4 is 26.0 Å². The van der Waals surface area contributed by atoms with Gasteiger partial charge in [-0.2, -0.15) is 4.31 Å². The van der Waals surface area contributed by atoms with Gasteiger partial charge in [0.25, 0.3) is 0 Å². The lowest BCUT2D eigenvalue weighted by atomic mass is 10.1. The van der Waals surface area contributed by atoms with Gasteiger partial charge in [-0.1, -0.05) is 13.3 Å². The Bertz CT molecular complexity index is 547. The van der Waals surface area contributed by atoms with Crippen molar-refractivity contribution in [1.29, 1.82) is 0 Å². The summed E-state index contributed by atoms with van der Waals surface area (Å²) in [5.41, 5.74) is 0. The molecule has 0 saturated carbocycles. The Morgan fingerprint density at radius 1 is 1.50 bits per heavy atom. The predicted molar refractivity (Wildman–Crippen MR) is 71.3 cm³/mol. The van der Waals surface area contributed by atoms with E-state index >= 15 is 0 Å². The molecule has 1 aliphatic rings. The average Bonchev–Trinajstić information content (AvgIpc) is 2.77. The molecule has 1 aliphatic heterocycles. The number of benzene rings is 1. The Balaban J connectivity index is 2.31. The number of nitrogens with zero attached hydrogens (tertiary/aromatic N) is 1. The van der Waals surface area contributed by atoms with E-state index in [2.05, 4.69) is 22.9 Å². The lowest BCUT2D eigenvalue weighted by Crippen LogP contribution is -2.29. The monoisotopic (exact) mass is 335 g/mol. The second-order valence-corrected chi connectivity index (χ2v) is 7.26. The van der Waals surface area contributed by atoms with Crippen molar-refractivity contribution in [1.82, 2.24) is 4.31 Å². The molecule has 2 rings (SSSR count). The largest absolute Gasteiger partial charge is 0.244 e. The van der Waals surface area contributed by atoms with Gasteiger partial charge in [-0.15, -0.1) is 0 Å². The van der Waals surface area contributed by atoms with E-state index in [0.29, 0.717) is 19.0 Å².